The van der Waals surface area contributed by atoms with Gasteiger partial charge in [-0.1, -0.05) is 18.2 Å². The highest BCUT2D eigenvalue weighted by molar-refractivity contribution is 5.91. The highest BCUT2D eigenvalue weighted by Crippen LogP contribution is 2.27. The molecule has 6 heteroatoms. The summed E-state index contributed by atoms with van der Waals surface area (Å²) < 4.78 is 5.41. The van der Waals surface area contributed by atoms with Crippen LogP contribution in [0.5, 0.6) is 0 Å². The SMILES string of the molecule is C=C1C=CC(C(NC(C)=O)c2cccc(/C=C/C(=O)NOC3CCCCO3)c2)=C[CH+]1. The molecule has 1 aliphatic carbocycles. The molecule has 1 aliphatic heterocycles. The van der Waals surface area contributed by atoms with Crippen LogP contribution in [0.4, 0.5) is 0 Å². The molecule has 2 amide bonds. The van der Waals surface area contributed by atoms with Crippen LogP contribution >= 0.6 is 0 Å². The van der Waals surface area contributed by atoms with Crippen molar-refractivity contribution < 1.29 is 19.2 Å². The summed E-state index contributed by atoms with van der Waals surface area (Å²) in [5, 5.41) is 2.98. The molecule has 0 saturated carbocycles. The first kappa shape index (κ1) is 21.6. The van der Waals surface area contributed by atoms with Crippen molar-refractivity contribution in [3.8, 4) is 0 Å². The van der Waals surface area contributed by atoms with Gasteiger partial charge in [0.25, 0.3) is 5.91 Å². The topological polar surface area (TPSA) is 76.7 Å². The van der Waals surface area contributed by atoms with Crippen LogP contribution in [-0.2, 0) is 19.2 Å². The zero-order valence-corrected chi connectivity index (χ0v) is 17.1. The lowest BCUT2D eigenvalue weighted by Gasteiger charge is -2.21. The fourth-order valence-electron chi connectivity index (χ4n) is 3.25. The number of nitrogens with one attached hydrogen (secondary N) is 2. The number of carbonyl (C=O) groups excluding carboxylic acids is 2. The van der Waals surface area contributed by atoms with Crippen LogP contribution in [0.15, 0.2) is 66.3 Å². The van der Waals surface area contributed by atoms with Gasteiger partial charge in [-0.2, -0.15) is 0 Å². The van der Waals surface area contributed by atoms with Crippen LogP contribution in [-0.4, -0.2) is 24.7 Å². The molecule has 0 radical (unpaired) electrons. The Morgan fingerprint density at radius 2 is 2.20 bits per heavy atom. The summed E-state index contributed by atoms with van der Waals surface area (Å²) in [5.74, 6) is -0.486. The molecule has 0 aromatic heterocycles. The van der Waals surface area contributed by atoms with E-state index in [1.54, 1.807) is 6.08 Å². The van der Waals surface area contributed by atoms with Gasteiger partial charge in [-0.3, -0.25) is 9.59 Å². The first-order valence-electron chi connectivity index (χ1n) is 10.1. The number of hydrogen-bond acceptors (Lipinski definition) is 4. The molecule has 2 N–H and O–H groups in total. The molecule has 1 fully saturated rings. The van der Waals surface area contributed by atoms with Crippen LogP contribution < -0.4 is 10.8 Å². The van der Waals surface area contributed by atoms with E-state index < -0.39 is 0 Å². The minimum Gasteiger partial charge on any atom is -0.350 e. The Kier molecular flexibility index (Phi) is 7.65. The second kappa shape index (κ2) is 10.6. The van der Waals surface area contributed by atoms with Gasteiger partial charge in [0.2, 0.25) is 5.91 Å². The predicted octanol–water partition coefficient (Wildman–Crippen LogP) is 3.71. The van der Waals surface area contributed by atoms with E-state index in [9.17, 15) is 9.59 Å². The normalized spacial score (nSPS) is 19.7. The third kappa shape index (κ3) is 6.47. The van der Waals surface area contributed by atoms with Gasteiger partial charge >= 0.3 is 0 Å². The highest BCUT2D eigenvalue weighted by Gasteiger charge is 2.22. The van der Waals surface area contributed by atoms with Crippen molar-refractivity contribution in [2.45, 2.75) is 38.5 Å². The number of benzene rings is 1. The maximum atomic E-state index is 12.0. The van der Waals surface area contributed by atoms with Gasteiger partial charge in [0.15, 0.2) is 6.29 Å². The first-order chi connectivity index (χ1) is 14.5. The molecule has 1 heterocycles. The highest BCUT2D eigenvalue weighted by atomic mass is 16.8. The molecule has 30 heavy (non-hydrogen) atoms. The summed E-state index contributed by atoms with van der Waals surface area (Å²) in [6.07, 6.45) is 13.3. The van der Waals surface area contributed by atoms with Gasteiger partial charge in [0.05, 0.1) is 11.1 Å². The minimum atomic E-state index is -0.387. The molecule has 156 valence electrons. The number of hydrogen-bond donors (Lipinski definition) is 2. The van der Waals surface area contributed by atoms with Crippen LogP contribution in [0.2, 0.25) is 0 Å². The molecule has 2 unspecified atom stereocenters. The largest absolute Gasteiger partial charge is 0.350 e. The molecule has 1 saturated heterocycles. The van der Waals surface area contributed by atoms with E-state index in [1.807, 2.05) is 48.9 Å². The number of hydroxylamine groups is 1. The molecule has 0 bridgehead atoms. The van der Waals surface area contributed by atoms with E-state index in [0.717, 1.165) is 41.5 Å². The van der Waals surface area contributed by atoms with Gasteiger partial charge in [0.1, 0.15) is 6.04 Å². The number of amides is 2. The van der Waals surface area contributed by atoms with Gasteiger partial charge in [-0.25, -0.2) is 10.3 Å². The van der Waals surface area contributed by atoms with Crippen molar-refractivity contribution in [1.82, 2.24) is 10.8 Å². The lowest BCUT2D eigenvalue weighted by Crippen LogP contribution is -2.32. The fraction of sp³-hybridized carbons (Fsp3) is 0.292. The quantitative estimate of drug-likeness (QED) is 0.410. The molecule has 2 aliphatic rings. The van der Waals surface area contributed by atoms with E-state index >= 15 is 0 Å². The Balaban J connectivity index is 1.66. The molecule has 6 nitrogen and oxygen atoms in total. The summed E-state index contributed by atoms with van der Waals surface area (Å²) in [7, 11) is 0. The van der Waals surface area contributed by atoms with E-state index in [2.05, 4.69) is 17.4 Å². The zero-order valence-electron chi connectivity index (χ0n) is 17.1. The number of rotatable bonds is 7. The standard InChI is InChI=1S/C24H26N2O4/c1-17-9-12-20(13-10-17)24(25-18(2)27)21-7-5-6-19(16-21)11-14-22(28)26-30-23-8-3-4-15-29-23/h5-7,9-14,16,23-24H,1,3-4,8,15H2,2H3,(H-,25,26,27,28)/p+1/b14-11+. The summed E-state index contributed by atoms with van der Waals surface area (Å²) >= 11 is 0. The first-order valence-corrected chi connectivity index (χ1v) is 10.1. The molecule has 1 aromatic carbocycles. The lowest BCUT2D eigenvalue weighted by molar-refractivity contribution is -0.198. The van der Waals surface area contributed by atoms with Crippen LogP contribution in [0.1, 0.15) is 43.4 Å². The van der Waals surface area contributed by atoms with Crippen molar-refractivity contribution in [2.24, 2.45) is 0 Å². The second-order valence-corrected chi connectivity index (χ2v) is 7.26. The Morgan fingerprint density at radius 1 is 1.33 bits per heavy atom. The van der Waals surface area contributed by atoms with Crippen molar-refractivity contribution in [3.05, 3.63) is 83.8 Å². The van der Waals surface area contributed by atoms with Gasteiger partial charge in [-0.05, 0) is 42.7 Å². The van der Waals surface area contributed by atoms with Gasteiger partial charge in [0, 0.05) is 50.7 Å². The monoisotopic (exact) mass is 407 g/mol. The van der Waals surface area contributed by atoms with Crippen LogP contribution in [0, 0.1) is 6.42 Å². The Morgan fingerprint density at radius 3 is 2.90 bits per heavy atom. The summed E-state index contributed by atoms with van der Waals surface area (Å²) in [4.78, 5) is 29.1. The van der Waals surface area contributed by atoms with E-state index in [1.165, 1.54) is 13.0 Å². The van der Waals surface area contributed by atoms with Gasteiger partial charge in [-0.15, -0.1) is 0 Å². The summed E-state index contributed by atoms with van der Waals surface area (Å²) in [6, 6.07) is 7.37. The maximum absolute atomic E-state index is 12.0. The molecule has 2 atom stereocenters. The Hall–Kier alpha value is -3.09. The third-order valence-corrected chi connectivity index (χ3v) is 4.76. The van der Waals surface area contributed by atoms with Crippen LogP contribution in [0.3, 0.4) is 0 Å². The fourth-order valence-corrected chi connectivity index (χ4v) is 3.25. The molecule has 1 aromatic rings. The Labute approximate surface area is 177 Å². The summed E-state index contributed by atoms with van der Waals surface area (Å²) in [5.41, 5.74) is 6.01. The number of carbonyl (C=O) groups is 2. The smallest absolute Gasteiger partial charge is 0.267 e. The van der Waals surface area contributed by atoms with Crippen molar-refractivity contribution in [2.75, 3.05) is 6.61 Å². The lowest BCUT2D eigenvalue weighted by atomic mass is 9.92. The number of allylic oxidation sites excluding steroid dienone is 3. The van der Waals surface area contributed by atoms with Crippen molar-refractivity contribution in [3.63, 3.8) is 0 Å². The summed E-state index contributed by atoms with van der Waals surface area (Å²) in [6.45, 7) is 6.04. The van der Waals surface area contributed by atoms with Crippen LogP contribution in [0.25, 0.3) is 6.08 Å². The second-order valence-electron chi connectivity index (χ2n) is 7.26. The average molecular weight is 407 g/mol. The van der Waals surface area contributed by atoms with E-state index in [0.29, 0.717) is 6.61 Å². The molecule has 0 spiro atoms. The van der Waals surface area contributed by atoms with E-state index in [4.69, 9.17) is 9.57 Å². The van der Waals surface area contributed by atoms with E-state index in [-0.39, 0.29) is 24.1 Å². The third-order valence-electron chi connectivity index (χ3n) is 4.76. The zero-order chi connectivity index (χ0) is 21.3. The Bertz CT molecular complexity index is 879. The predicted molar refractivity (Wildman–Crippen MR) is 116 cm³/mol. The van der Waals surface area contributed by atoms with Gasteiger partial charge < -0.3 is 10.1 Å². The molecule has 3 rings (SSSR count). The minimum absolute atomic E-state index is 0.124. The van der Waals surface area contributed by atoms with Crippen molar-refractivity contribution in [1.29, 1.82) is 0 Å². The number of ether oxygens (including phenoxy) is 1. The van der Waals surface area contributed by atoms with Crippen molar-refractivity contribution >= 4 is 17.9 Å². The average Bonchev–Trinajstić information content (AvgIpc) is 2.76. The molecular weight excluding hydrogens is 380 g/mol. The maximum Gasteiger partial charge on any atom is 0.267 e. The molecular formula is C24H27N2O4+.